The number of halogens is 3. The third-order valence-electron chi connectivity index (χ3n) is 4.49. The van der Waals surface area contributed by atoms with Gasteiger partial charge in [0.05, 0.1) is 13.2 Å². The molecule has 0 radical (unpaired) electrons. The lowest BCUT2D eigenvalue weighted by Crippen LogP contribution is -2.52. The van der Waals surface area contributed by atoms with E-state index in [9.17, 15) is 22.8 Å². The molecule has 1 atom stereocenters. The number of amides is 1. The zero-order valence-corrected chi connectivity index (χ0v) is 14.5. The minimum absolute atomic E-state index is 0.170. The minimum Gasteiger partial charge on any atom is -0.464 e. The molecule has 7 nitrogen and oxygen atoms in total. The van der Waals surface area contributed by atoms with Gasteiger partial charge in [-0.25, -0.2) is 0 Å². The molecule has 1 amide bonds. The maximum Gasteiger partial charge on any atom is 0.573 e. The maximum absolute atomic E-state index is 12.1. The number of hydrogen-bond donors (Lipinski definition) is 1. The highest BCUT2D eigenvalue weighted by Crippen LogP contribution is 2.24. The standard InChI is InChI=1S/C17H20F3N3O4/c18-17(19,20)27-13-3-1-12(2-4-13)21-15(24)11-22-6-8-23(9-7-22)14-5-10-26-16(14)25/h1-4,14H,5-11H2,(H,21,24). The Morgan fingerprint density at radius 3 is 2.41 bits per heavy atom. The van der Waals surface area contributed by atoms with E-state index in [-0.39, 0.29) is 30.2 Å². The lowest BCUT2D eigenvalue weighted by molar-refractivity contribution is -0.274. The average molecular weight is 387 g/mol. The van der Waals surface area contributed by atoms with Crippen LogP contribution in [0.5, 0.6) is 5.75 Å². The number of cyclic esters (lactones) is 1. The van der Waals surface area contributed by atoms with Crippen molar-refractivity contribution >= 4 is 17.6 Å². The molecule has 27 heavy (non-hydrogen) atoms. The van der Waals surface area contributed by atoms with Gasteiger partial charge in [0.1, 0.15) is 11.8 Å². The van der Waals surface area contributed by atoms with E-state index in [0.717, 1.165) is 12.1 Å². The Kier molecular flexibility index (Phi) is 5.85. The van der Waals surface area contributed by atoms with Crippen molar-refractivity contribution in [1.82, 2.24) is 9.80 Å². The van der Waals surface area contributed by atoms with Crippen LogP contribution in [-0.4, -0.2) is 73.4 Å². The number of ether oxygens (including phenoxy) is 2. The molecule has 0 bridgehead atoms. The number of nitrogens with one attached hydrogen (secondary N) is 1. The molecule has 1 unspecified atom stereocenters. The van der Waals surface area contributed by atoms with E-state index >= 15 is 0 Å². The SMILES string of the molecule is O=C(CN1CCN(C2CCOC2=O)CC1)Nc1ccc(OC(F)(F)F)cc1. The quantitative estimate of drug-likeness (QED) is 0.772. The van der Waals surface area contributed by atoms with Crippen molar-refractivity contribution < 1.29 is 32.2 Å². The van der Waals surface area contributed by atoms with E-state index in [4.69, 9.17) is 4.74 Å². The van der Waals surface area contributed by atoms with Crippen LogP contribution in [0.15, 0.2) is 24.3 Å². The van der Waals surface area contributed by atoms with Crippen LogP contribution in [0.1, 0.15) is 6.42 Å². The fraction of sp³-hybridized carbons (Fsp3) is 0.529. The number of esters is 1. The Balaban J connectivity index is 1.43. The van der Waals surface area contributed by atoms with Gasteiger partial charge >= 0.3 is 12.3 Å². The molecule has 1 aromatic rings. The van der Waals surface area contributed by atoms with Gasteiger partial charge in [-0.1, -0.05) is 0 Å². The Labute approximate surface area is 154 Å². The fourth-order valence-corrected chi connectivity index (χ4v) is 3.19. The molecule has 1 aromatic carbocycles. The molecule has 0 aromatic heterocycles. The summed E-state index contributed by atoms with van der Waals surface area (Å²) in [4.78, 5) is 27.8. The Morgan fingerprint density at radius 2 is 1.85 bits per heavy atom. The molecule has 2 aliphatic rings. The molecule has 2 saturated heterocycles. The molecule has 2 heterocycles. The average Bonchev–Trinajstić information content (AvgIpc) is 3.02. The van der Waals surface area contributed by atoms with E-state index < -0.39 is 6.36 Å². The first-order chi connectivity index (χ1) is 12.8. The molecule has 1 N–H and O–H groups in total. The summed E-state index contributed by atoms with van der Waals surface area (Å²) in [7, 11) is 0. The van der Waals surface area contributed by atoms with Crippen molar-refractivity contribution in [3.8, 4) is 5.75 Å². The number of nitrogens with zero attached hydrogens (tertiary/aromatic N) is 2. The molecule has 0 spiro atoms. The highest BCUT2D eigenvalue weighted by molar-refractivity contribution is 5.92. The summed E-state index contributed by atoms with van der Waals surface area (Å²) in [6, 6.07) is 4.80. The summed E-state index contributed by atoms with van der Waals surface area (Å²) in [6.07, 6.45) is -4.05. The molecular weight excluding hydrogens is 367 g/mol. The third-order valence-corrected chi connectivity index (χ3v) is 4.49. The highest BCUT2D eigenvalue weighted by Gasteiger charge is 2.34. The zero-order valence-electron chi connectivity index (χ0n) is 14.5. The summed E-state index contributed by atoms with van der Waals surface area (Å²) >= 11 is 0. The Bertz CT molecular complexity index is 673. The molecule has 0 saturated carbocycles. The van der Waals surface area contributed by atoms with Crippen LogP contribution in [0.4, 0.5) is 18.9 Å². The molecule has 2 fully saturated rings. The van der Waals surface area contributed by atoms with Crippen molar-refractivity contribution in [2.45, 2.75) is 18.8 Å². The second kappa shape index (κ2) is 8.13. The van der Waals surface area contributed by atoms with E-state index in [2.05, 4.69) is 15.0 Å². The number of alkyl halides is 3. The van der Waals surface area contributed by atoms with Gasteiger partial charge in [-0.2, -0.15) is 0 Å². The van der Waals surface area contributed by atoms with Gasteiger partial charge in [0.25, 0.3) is 0 Å². The summed E-state index contributed by atoms with van der Waals surface area (Å²) in [5.41, 5.74) is 0.391. The smallest absolute Gasteiger partial charge is 0.464 e. The first-order valence-electron chi connectivity index (χ1n) is 8.59. The van der Waals surface area contributed by atoms with Crippen molar-refractivity contribution in [3.05, 3.63) is 24.3 Å². The summed E-state index contributed by atoms with van der Waals surface area (Å²) in [5, 5.41) is 2.65. The van der Waals surface area contributed by atoms with Crippen molar-refractivity contribution in [2.24, 2.45) is 0 Å². The van der Waals surface area contributed by atoms with Crippen LogP contribution >= 0.6 is 0 Å². The van der Waals surface area contributed by atoms with Gasteiger partial charge in [0.2, 0.25) is 5.91 Å². The van der Waals surface area contributed by atoms with Gasteiger partial charge < -0.3 is 14.8 Å². The molecular formula is C17H20F3N3O4. The van der Waals surface area contributed by atoms with Crippen LogP contribution in [0.25, 0.3) is 0 Å². The maximum atomic E-state index is 12.1. The molecule has 2 aliphatic heterocycles. The predicted octanol–water partition coefficient (Wildman–Crippen LogP) is 1.46. The number of carbonyl (C=O) groups excluding carboxylic acids is 2. The Hall–Kier alpha value is -2.33. The number of piperazine rings is 1. The summed E-state index contributed by atoms with van der Waals surface area (Å²) in [6.45, 7) is 3.28. The second-order valence-electron chi connectivity index (χ2n) is 6.40. The third kappa shape index (κ3) is 5.57. The summed E-state index contributed by atoms with van der Waals surface area (Å²) < 4.78 is 45.2. The van der Waals surface area contributed by atoms with Gasteiger partial charge in [-0.15, -0.1) is 13.2 Å². The van der Waals surface area contributed by atoms with Gasteiger partial charge in [-0.3, -0.25) is 19.4 Å². The minimum atomic E-state index is -4.75. The van der Waals surface area contributed by atoms with Crippen molar-refractivity contribution in [1.29, 1.82) is 0 Å². The second-order valence-corrected chi connectivity index (χ2v) is 6.40. The molecule has 3 rings (SSSR count). The number of carbonyl (C=O) groups is 2. The van der Waals surface area contributed by atoms with Crippen LogP contribution in [0.3, 0.4) is 0 Å². The van der Waals surface area contributed by atoms with Crippen molar-refractivity contribution in [3.63, 3.8) is 0 Å². The number of benzene rings is 1. The number of hydrogen-bond acceptors (Lipinski definition) is 6. The first-order valence-corrected chi connectivity index (χ1v) is 8.59. The van der Waals surface area contributed by atoms with Crippen molar-refractivity contribution in [2.75, 3.05) is 44.6 Å². The van der Waals surface area contributed by atoms with Crippen LogP contribution < -0.4 is 10.1 Å². The molecule has 0 aliphatic carbocycles. The highest BCUT2D eigenvalue weighted by atomic mass is 19.4. The van der Waals surface area contributed by atoms with Crippen LogP contribution in [0, 0.1) is 0 Å². The van der Waals surface area contributed by atoms with E-state index in [1.54, 1.807) is 0 Å². The van der Waals surface area contributed by atoms with E-state index in [1.165, 1.54) is 12.1 Å². The molecule has 10 heteroatoms. The van der Waals surface area contributed by atoms with E-state index in [0.29, 0.717) is 44.9 Å². The van der Waals surface area contributed by atoms with Crippen LogP contribution in [0.2, 0.25) is 0 Å². The lowest BCUT2D eigenvalue weighted by atomic mass is 10.2. The first kappa shape index (κ1) is 19.4. The number of rotatable bonds is 5. The van der Waals surface area contributed by atoms with Gasteiger partial charge in [0, 0.05) is 38.3 Å². The van der Waals surface area contributed by atoms with Crippen LogP contribution in [-0.2, 0) is 14.3 Å². The number of anilines is 1. The predicted molar refractivity (Wildman–Crippen MR) is 89.1 cm³/mol. The Morgan fingerprint density at radius 1 is 1.19 bits per heavy atom. The normalized spacial score (nSPS) is 21.7. The lowest BCUT2D eigenvalue weighted by Gasteiger charge is -2.36. The van der Waals surface area contributed by atoms with Gasteiger partial charge in [0.15, 0.2) is 0 Å². The monoisotopic (exact) mass is 387 g/mol. The van der Waals surface area contributed by atoms with Gasteiger partial charge in [-0.05, 0) is 24.3 Å². The summed E-state index contributed by atoms with van der Waals surface area (Å²) in [5.74, 6) is -0.783. The fourth-order valence-electron chi connectivity index (χ4n) is 3.19. The van der Waals surface area contributed by atoms with E-state index in [1.807, 2.05) is 4.90 Å². The topological polar surface area (TPSA) is 71.1 Å². The molecule has 148 valence electrons. The largest absolute Gasteiger partial charge is 0.573 e. The zero-order chi connectivity index (χ0) is 19.4.